The Labute approximate surface area is 94.4 Å². The number of nitrogens with zero attached hydrogens (tertiary/aromatic N) is 3. The second-order valence-corrected chi connectivity index (χ2v) is 3.01. The molecule has 0 saturated carbocycles. The van der Waals surface area contributed by atoms with Crippen molar-refractivity contribution in [3.05, 3.63) is 0 Å². The van der Waals surface area contributed by atoms with E-state index in [1.807, 2.05) is 6.92 Å². The minimum absolute atomic E-state index is 0.146. The molecule has 0 amide bonds. The summed E-state index contributed by atoms with van der Waals surface area (Å²) in [6.07, 6.45) is 0.867. The zero-order valence-electron chi connectivity index (χ0n) is 9.56. The first-order chi connectivity index (χ1) is 7.76. The molecule has 7 nitrogen and oxygen atoms in total. The van der Waals surface area contributed by atoms with Crippen LogP contribution in [0.3, 0.4) is 0 Å². The van der Waals surface area contributed by atoms with Gasteiger partial charge in [-0.05, 0) is 13.3 Å². The molecule has 1 rings (SSSR count). The van der Waals surface area contributed by atoms with E-state index in [0.29, 0.717) is 25.7 Å². The van der Waals surface area contributed by atoms with Crippen molar-refractivity contribution in [2.24, 2.45) is 0 Å². The lowest BCUT2D eigenvalue weighted by Crippen LogP contribution is -2.11. The van der Waals surface area contributed by atoms with Crippen LogP contribution in [0.4, 0.5) is 11.9 Å². The fraction of sp³-hybridized carbons (Fsp3) is 0.667. The first-order valence-electron chi connectivity index (χ1n) is 5.13. The summed E-state index contributed by atoms with van der Waals surface area (Å²) < 4.78 is 10.1. The van der Waals surface area contributed by atoms with Crippen LogP contribution in [0, 0.1) is 0 Å². The van der Waals surface area contributed by atoms with E-state index in [0.717, 1.165) is 6.42 Å². The highest BCUT2D eigenvalue weighted by molar-refractivity contribution is 5.32. The van der Waals surface area contributed by atoms with Crippen molar-refractivity contribution in [2.75, 3.05) is 37.9 Å². The topological polar surface area (TPSA) is 95.2 Å². The van der Waals surface area contributed by atoms with Gasteiger partial charge in [-0.15, -0.1) is 0 Å². The maximum atomic E-state index is 5.51. The van der Waals surface area contributed by atoms with Gasteiger partial charge in [-0.2, -0.15) is 15.0 Å². The summed E-state index contributed by atoms with van der Waals surface area (Å²) in [7, 11) is 1.66. The number of aromatic nitrogens is 3. The van der Waals surface area contributed by atoms with Gasteiger partial charge in [0.05, 0.1) is 6.61 Å². The number of methoxy groups -OCH3 is 1. The molecule has 0 atom stereocenters. The summed E-state index contributed by atoms with van der Waals surface area (Å²) in [5.41, 5.74) is 5.51. The molecule has 0 aliphatic carbocycles. The third-order valence-electron chi connectivity index (χ3n) is 1.71. The van der Waals surface area contributed by atoms with Crippen LogP contribution >= 0.6 is 0 Å². The molecule has 0 unspecified atom stereocenters. The minimum Gasteiger partial charge on any atom is -0.464 e. The molecule has 1 aromatic rings. The summed E-state index contributed by atoms with van der Waals surface area (Å²) in [6, 6.07) is 0.240. The standard InChI is InChI=1S/C9H17N5O2/c1-3-16-9-13-7(10)12-8(14-9)11-5-4-6-15-2/h3-6H2,1-2H3,(H3,10,11,12,13,14). The second-order valence-electron chi connectivity index (χ2n) is 3.01. The number of nitrogens with one attached hydrogen (secondary N) is 1. The smallest absolute Gasteiger partial charge is 0.323 e. The molecule has 0 aromatic carbocycles. The van der Waals surface area contributed by atoms with E-state index in [4.69, 9.17) is 15.2 Å². The van der Waals surface area contributed by atoms with Crippen molar-refractivity contribution < 1.29 is 9.47 Å². The fourth-order valence-electron chi connectivity index (χ4n) is 1.06. The molecule has 0 radical (unpaired) electrons. The average molecular weight is 227 g/mol. The van der Waals surface area contributed by atoms with Crippen LogP contribution in [0.25, 0.3) is 0 Å². The molecule has 3 N–H and O–H groups in total. The largest absolute Gasteiger partial charge is 0.464 e. The quantitative estimate of drug-likeness (QED) is 0.647. The molecule has 0 aliphatic heterocycles. The van der Waals surface area contributed by atoms with Crippen LogP contribution in [-0.2, 0) is 4.74 Å². The van der Waals surface area contributed by atoms with Crippen molar-refractivity contribution in [1.82, 2.24) is 15.0 Å². The third kappa shape index (κ3) is 4.26. The lowest BCUT2D eigenvalue weighted by molar-refractivity contribution is 0.197. The Balaban J connectivity index is 2.51. The maximum Gasteiger partial charge on any atom is 0.323 e. The molecule has 0 fully saturated rings. The molecular formula is C9H17N5O2. The van der Waals surface area contributed by atoms with E-state index in [1.165, 1.54) is 0 Å². The summed E-state index contributed by atoms with van der Waals surface area (Å²) in [6.45, 7) is 3.74. The Bertz CT molecular complexity index is 321. The Morgan fingerprint density at radius 2 is 2.12 bits per heavy atom. The first-order valence-corrected chi connectivity index (χ1v) is 5.13. The average Bonchev–Trinajstić information content (AvgIpc) is 2.24. The zero-order valence-corrected chi connectivity index (χ0v) is 9.56. The maximum absolute atomic E-state index is 5.51. The van der Waals surface area contributed by atoms with E-state index in [1.54, 1.807) is 7.11 Å². The summed E-state index contributed by atoms with van der Waals surface area (Å²) in [5, 5.41) is 3.02. The third-order valence-corrected chi connectivity index (χ3v) is 1.71. The molecule has 7 heteroatoms. The molecule has 0 aliphatic rings. The molecule has 90 valence electrons. The van der Waals surface area contributed by atoms with Crippen molar-refractivity contribution in [3.8, 4) is 6.01 Å². The van der Waals surface area contributed by atoms with Crippen molar-refractivity contribution in [1.29, 1.82) is 0 Å². The van der Waals surface area contributed by atoms with Gasteiger partial charge in [0.25, 0.3) is 0 Å². The number of nitrogens with two attached hydrogens (primary N) is 1. The summed E-state index contributed by atoms with van der Waals surface area (Å²) >= 11 is 0. The lowest BCUT2D eigenvalue weighted by atomic mass is 10.4. The number of ether oxygens (including phenoxy) is 2. The van der Waals surface area contributed by atoms with Crippen molar-refractivity contribution >= 4 is 11.9 Å². The normalized spacial score (nSPS) is 10.1. The van der Waals surface area contributed by atoms with Gasteiger partial charge < -0.3 is 20.5 Å². The van der Waals surface area contributed by atoms with Gasteiger partial charge in [-0.1, -0.05) is 0 Å². The Kier molecular flexibility index (Phi) is 5.27. The predicted molar refractivity (Wildman–Crippen MR) is 60.4 cm³/mol. The van der Waals surface area contributed by atoms with Gasteiger partial charge in [0, 0.05) is 20.3 Å². The molecule has 0 bridgehead atoms. The van der Waals surface area contributed by atoms with Gasteiger partial charge in [0.15, 0.2) is 0 Å². The first kappa shape index (κ1) is 12.4. The number of nitrogen functional groups attached to an aromatic ring is 1. The fourth-order valence-corrected chi connectivity index (χ4v) is 1.06. The Hall–Kier alpha value is -1.63. The highest BCUT2D eigenvalue weighted by atomic mass is 16.5. The molecule has 16 heavy (non-hydrogen) atoms. The van der Waals surface area contributed by atoms with E-state index in [-0.39, 0.29) is 12.0 Å². The van der Waals surface area contributed by atoms with Crippen molar-refractivity contribution in [3.63, 3.8) is 0 Å². The van der Waals surface area contributed by atoms with E-state index < -0.39 is 0 Å². The molecule has 1 aromatic heterocycles. The van der Waals surface area contributed by atoms with Gasteiger partial charge in [0.2, 0.25) is 11.9 Å². The molecule has 0 saturated heterocycles. The second kappa shape index (κ2) is 6.78. The van der Waals surface area contributed by atoms with Crippen LogP contribution in [0.5, 0.6) is 6.01 Å². The zero-order chi connectivity index (χ0) is 11.8. The molecule has 1 heterocycles. The van der Waals surface area contributed by atoms with Crippen LogP contribution < -0.4 is 15.8 Å². The van der Waals surface area contributed by atoms with Crippen LogP contribution in [0.15, 0.2) is 0 Å². The summed E-state index contributed by atoms with van der Waals surface area (Å²) in [5.74, 6) is 0.569. The van der Waals surface area contributed by atoms with Crippen LogP contribution in [-0.4, -0.2) is 41.8 Å². The van der Waals surface area contributed by atoms with Gasteiger partial charge in [-0.25, -0.2) is 0 Å². The Morgan fingerprint density at radius 3 is 2.81 bits per heavy atom. The number of rotatable bonds is 7. The SMILES string of the molecule is CCOc1nc(N)nc(NCCCOC)n1. The number of hydrogen-bond acceptors (Lipinski definition) is 7. The van der Waals surface area contributed by atoms with Crippen LogP contribution in [0.2, 0.25) is 0 Å². The van der Waals surface area contributed by atoms with E-state index >= 15 is 0 Å². The number of anilines is 2. The lowest BCUT2D eigenvalue weighted by Gasteiger charge is -2.06. The molecule has 0 spiro atoms. The van der Waals surface area contributed by atoms with Crippen molar-refractivity contribution in [2.45, 2.75) is 13.3 Å². The predicted octanol–water partition coefficient (Wildman–Crippen LogP) is 0.301. The van der Waals surface area contributed by atoms with Gasteiger partial charge in [0.1, 0.15) is 0 Å². The monoisotopic (exact) mass is 227 g/mol. The summed E-state index contributed by atoms with van der Waals surface area (Å²) in [4.78, 5) is 11.8. The van der Waals surface area contributed by atoms with Gasteiger partial charge >= 0.3 is 6.01 Å². The van der Waals surface area contributed by atoms with E-state index in [9.17, 15) is 0 Å². The van der Waals surface area contributed by atoms with E-state index in [2.05, 4.69) is 20.3 Å². The van der Waals surface area contributed by atoms with Gasteiger partial charge in [-0.3, -0.25) is 0 Å². The minimum atomic E-state index is 0.146. The highest BCUT2D eigenvalue weighted by Crippen LogP contribution is 2.08. The Morgan fingerprint density at radius 1 is 1.31 bits per heavy atom. The number of hydrogen-bond donors (Lipinski definition) is 2. The molecular weight excluding hydrogens is 210 g/mol. The van der Waals surface area contributed by atoms with Crippen LogP contribution in [0.1, 0.15) is 13.3 Å². The highest BCUT2D eigenvalue weighted by Gasteiger charge is 2.03.